The topological polar surface area (TPSA) is 49.3 Å². The van der Waals surface area contributed by atoms with E-state index in [9.17, 15) is 9.18 Å². The fourth-order valence-corrected chi connectivity index (χ4v) is 5.70. The van der Waals surface area contributed by atoms with Gasteiger partial charge in [-0.15, -0.1) is 11.3 Å². The number of nitrogens with zero attached hydrogens (tertiary/aromatic N) is 4. The van der Waals surface area contributed by atoms with Gasteiger partial charge >= 0.3 is 0 Å². The molecule has 1 aliphatic carbocycles. The standard InChI is InChI=1S/C22H23FN4OS/c1-14-24-20(19-16-7-3-5-9-18(16)29-21(19)25-14)26-10-12-27(13-11-26)22(28)15-6-2-4-8-17(15)23/h2,4,6,8H,3,5,7,9-13H2,1H3. The van der Waals surface area contributed by atoms with Gasteiger partial charge in [0, 0.05) is 31.1 Å². The lowest BCUT2D eigenvalue weighted by Crippen LogP contribution is -2.49. The highest BCUT2D eigenvalue weighted by atomic mass is 32.1. The van der Waals surface area contributed by atoms with Crippen molar-refractivity contribution in [3.63, 3.8) is 0 Å². The second kappa shape index (κ2) is 7.37. The number of halogens is 1. The van der Waals surface area contributed by atoms with Gasteiger partial charge in [0.2, 0.25) is 0 Å². The number of hydrogen-bond acceptors (Lipinski definition) is 5. The Bertz CT molecular complexity index is 1090. The first-order valence-corrected chi connectivity index (χ1v) is 11.0. The van der Waals surface area contributed by atoms with Crippen LogP contribution in [0.2, 0.25) is 0 Å². The van der Waals surface area contributed by atoms with Crippen molar-refractivity contribution in [1.82, 2.24) is 14.9 Å². The van der Waals surface area contributed by atoms with Crippen molar-refractivity contribution in [3.8, 4) is 0 Å². The summed E-state index contributed by atoms with van der Waals surface area (Å²) in [6, 6.07) is 6.20. The third-order valence-corrected chi connectivity index (χ3v) is 7.06. The fraction of sp³-hybridized carbons (Fsp3) is 0.409. The van der Waals surface area contributed by atoms with Crippen LogP contribution < -0.4 is 4.90 Å². The number of benzene rings is 1. The number of thiophene rings is 1. The van der Waals surface area contributed by atoms with Crippen molar-refractivity contribution in [2.24, 2.45) is 0 Å². The molecule has 0 bridgehead atoms. The van der Waals surface area contributed by atoms with Crippen LogP contribution in [0.15, 0.2) is 24.3 Å². The van der Waals surface area contributed by atoms with Gasteiger partial charge in [-0.05, 0) is 50.3 Å². The lowest BCUT2D eigenvalue weighted by atomic mass is 9.97. The summed E-state index contributed by atoms with van der Waals surface area (Å²) in [6.07, 6.45) is 4.70. The number of amides is 1. The van der Waals surface area contributed by atoms with Crippen LogP contribution in [-0.4, -0.2) is 47.0 Å². The van der Waals surface area contributed by atoms with Gasteiger partial charge in [-0.1, -0.05) is 12.1 Å². The molecule has 1 aliphatic heterocycles. The summed E-state index contributed by atoms with van der Waals surface area (Å²) in [6.45, 7) is 4.44. The summed E-state index contributed by atoms with van der Waals surface area (Å²) in [4.78, 5) is 28.8. The molecule has 5 nitrogen and oxygen atoms in total. The zero-order valence-electron chi connectivity index (χ0n) is 16.4. The quantitative estimate of drug-likeness (QED) is 0.641. The molecule has 5 rings (SSSR count). The highest BCUT2D eigenvalue weighted by Gasteiger charge is 2.28. The summed E-state index contributed by atoms with van der Waals surface area (Å²) in [5, 5.41) is 1.21. The van der Waals surface area contributed by atoms with E-state index in [1.54, 1.807) is 23.1 Å². The average Bonchev–Trinajstić information content (AvgIpc) is 3.11. The summed E-state index contributed by atoms with van der Waals surface area (Å²) < 4.78 is 14.0. The fourth-order valence-electron chi connectivity index (χ4n) is 4.40. The first-order valence-electron chi connectivity index (χ1n) is 10.2. The van der Waals surface area contributed by atoms with Gasteiger partial charge in [0.1, 0.15) is 22.3 Å². The molecule has 7 heteroatoms. The Hall–Kier alpha value is -2.54. The molecule has 2 aliphatic rings. The number of carbonyl (C=O) groups is 1. The van der Waals surface area contributed by atoms with Crippen LogP contribution in [0.3, 0.4) is 0 Å². The minimum Gasteiger partial charge on any atom is -0.352 e. The number of rotatable bonds is 2. The van der Waals surface area contributed by atoms with E-state index in [1.165, 1.54) is 34.7 Å². The Morgan fingerprint density at radius 1 is 1.07 bits per heavy atom. The third kappa shape index (κ3) is 3.27. The van der Waals surface area contributed by atoms with Crippen molar-refractivity contribution < 1.29 is 9.18 Å². The van der Waals surface area contributed by atoms with Crippen molar-refractivity contribution in [2.45, 2.75) is 32.6 Å². The second-order valence-electron chi connectivity index (χ2n) is 7.74. The maximum absolute atomic E-state index is 14.0. The van der Waals surface area contributed by atoms with Crippen molar-refractivity contribution in [2.75, 3.05) is 31.1 Å². The van der Waals surface area contributed by atoms with Crippen LogP contribution in [-0.2, 0) is 12.8 Å². The molecule has 0 unspecified atom stereocenters. The highest BCUT2D eigenvalue weighted by molar-refractivity contribution is 7.19. The minimum absolute atomic E-state index is 0.146. The molecular weight excluding hydrogens is 387 g/mol. The van der Waals surface area contributed by atoms with Gasteiger partial charge in [-0.2, -0.15) is 0 Å². The number of fused-ring (bicyclic) bond motifs is 3. The number of hydrogen-bond donors (Lipinski definition) is 0. The van der Waals surface area contributed by atoms with Crippen LogP contribution in [0.4, 0.5) is 10.2 Å². The van der Waals surface area contributed by atoms with Gasteiger partial charge in [0.05, 0.1) is 10.9 Å². The summed E-state index contributed by atoms with van der Waals surface area (Å²) in [7, 11) is 0. The molecule has 3 heterocycles. The Balaban J connectivity index is 1.41. The molecule has 1 saturated heterocycles. The van der Waals surface area contributed by atoms with E-state index in [0.717, 1.165) is 29.3 Å². The lowest BCUT2D eigenvalue weighted by Gasteiger charge is -2.36. The Labute approximate surface area is 173 Å². The molecule has 29 heavy (non-hydrogen) atoms. The van der Waals surface area contributed by atoms with Gasteiger partial charge in [-0.3, -0.25) is 4.79 Å². The molecule has 150 valence electrons. The molecule has 0 N–H and O–H groups in total. The predicted molar refractivity (Wildman–Crippen MR) is 113 cm³/mol. The third-order valence-electron chi connectivity index (χ3n) is 5.88. The summed E-state index contributed by atoms with van der Waals surface area (Å²) in [5.41, 5.74) is 1.57. The molecule has 1 fully saturated rings. The van der Waals surface area contributed by atoms with Crippen LogP contribution in [0.5, 0.6) is 0 Å². The predicted octanol–water partition coefficient (Wildman–Crippen LogP) is 3.98. The van der Waals surface area contributed by atoms with Crippen molar-refractivity contribution >= 4 is 33.3 Å². The molecule has 1 aromatic carbocycles. The first kappa shape index (κ1) is 18.5. The average molecular weight is 411 g/mol. The van der Waals surface area contributed by atoms with Crippen molar-refractivity contribution in [3.05, 3.63) is 51.9 Å². The van der Waals surface area contributed by atoms with E-state index in [1.807, 2.05) is 18.3 Å². The molecule has 0 atom stereocenters. The number of piperazine rings is 1. The summed E-state index contributed by atoms with van der Waals surface area (Å²) >= 11 is 1.81. The SMILES string of the molecule is Cc1nc(N2CCN(C(=O)c3ccccc3F)CC2)c2c3c(sc2n1)CCCC3. The van der Waals surface area contributed by atoms with Crippen LogP contribution >= 0.6 is 11.3 Å². The molecule has 0 saturated carbocycles. The molecule has 3 aromatic rings. The Morgan fingerprint density at radius 3 is 2.62 bits per heavy atom. The van der Waals surface area contributed by atoms with E-state index in [-0.39, 0.29) is 11.5 Å². The van der Waals surface area contributed by atoms with Gasteiger partial charge in [0.15, 0.2) is 0 Å². The van der Waals surface area contributed by atoms with Crippen LogP contribution in [0.25, 0.3) is 10.2 Å². The monoisotopic (exact) mass is 410 g/mol. The zero-order valence-corrected chi connectivity index (χ0v) is 17.3. The second-order valence-corrected chi connectivity index (χ2v) is 8.83. The molecule has 0 radical (unpaired) electrons. The largest absolute Gasteiger partial charge is 0.352 e. The van der Waals surface area contributed by atoms with Crippen LogP contribution in [0.1, 0.15) is 39.5 Å². The molecular formula is C22H23FN4OS. The smallest absolute Gasteiger partial charge is 0.256 e. The Kier molecular flexibility index (Phi) is 4.70. The minimum atomic E-state index is -0.460. The molecule has 2 aromatic heterocycles. The van der Waals surface area contributed by atoms with E-state index in [0.29, 0.717) is 26.2 Å². The number of carbonyl (C=O) groups excluding carboxylic acids is 1. The maximum Gasteiger partial charge on any atom is 0.256 e. The van der Waals surface area contributed by atoms with Crippen molar-refractivity contribution in [1.29, 1.82) is 0 Å². The highest BCUT2D eigenvalue weighted by Crippen LogP contribution is 2.39. The number of anilines is 1. The normalized spacial score (nSPS) is 16.9. The van der Waals surface area contributed by atoms with E-state index in [2.05, 4.69) is 4.90 Å². The first-order chi connectivity index (χ1) is 14.1. The van der Waals surface area contributed by atoms with E-state index in [4.69, 9.17) is 9.97 Å². The maximum atomic E-state index is 14.0. The zero-order chi connectivity index (χ0) is 20.0. The van der Waals surface area contributed by atoms with Gasteiger partial charge in [0.25, 0.3) is 5.91 Å². The summed E-state index contributed by atoms with van der Waals surface area (Å²) in [5.74, 6) is 1.10. The Morgan fingerprint density at radius 2 is 1.83 bits per heavy atom. The molecule has 1 amide bonds. The number of aryl methyl sites for hydroxylation is 3. The number of aromatic nitrogens is 2. The van der Waals surface area contributed by atoms with E-state index < -0.39 is 5.82 Å². The van der Waals surface area contributed by atoms with Crippen LogP contribution in [0, 0.1) is 12.7 Å². The van der Waals surface area contributed by atoms with Gasteiger partial charge < -0.3 is 9.80 Å². The lowest BCUT2D eigenvalue weighted by molar-refractivity contribution is 0.0742. The van der Waals surface area contributed by atoms with E-state index >= 15 is 0 Å². The van der Waals surface area contributed by atoms with Gasteiger partial charge in [-0.25, -0.2) is 14.4 Å². The molecule has 0 spiro atoms.